The fourth-order valence-electron chi connectivity index (χ4n) is 3.22. The van der Waals surface area contributed by atoms with E-state index in [0.29, 0.717) is 24.3 Å². The van der Waals surface area contributed by atoms with Gasteiger partial charge in [0.1, 0.15) is 11.4 Å². The predicted octanol–water partition coefficient (Wildman–Crippen LogP) is 3.48. The van der Waals surface area contributed by atoms with E-state index >= 15 is 0 Å². The maximum absolute atomic E-state index is 12.6. The number of methoxy groups -OCH3 is 1. The standard InChI is InChI=1S/C24H30N6O3S/c1-30(2)10-9-20(29-24(32)27-12-16-5-4-6-18(11-16)33-3)17-7-8-21(26-13-17)23(31)28-22-15-34-14-19(22)25/h4-8,11,13-15,20H,9-10,12,25H2,1-3H3,(H,28,31)(H2,27,29,32). The first kappa shape index (κ1) is 25.0. The van der Waals surface area contributed by atoms with Gasteiger partial charge in [-0.1, -0.05) is 18.2 Å². The molecule has 0 radical (unpaired) electrons. The Morgan fingerprint density at radius 1 is 1.21 bits per heavy atom. The van der Waals surface area contributed by atoms with Crippen molar-refractivity contribution in [3.63, 3.8) is 0 Å². The van der Waals surface area contributed by atoms with Crippen LogP contribution in [0.2, 0.25) is 0 Å². The van der Waals surface area contributed by atoms with Gasteiger partial charge < -0.3 is 31.3 Å². The molecule has 34 heavy (non-hydrogen) atoms. The van der Waals surface area contributed by atoms with Crippen molar-refractivity contribution in [2.75, 3.05) is 38.8 Å². The largest absolute Gasteiger partial charge is 0.497 e. The zero-order valence-corrected chi connectivity index (χ0v) is 20.3. The highest BCUT2D eigenvalue weighted by Crippen LogP contribution is 2.23. The highest BCUT2D eigenvalue weighted by atomic mass is 32.1. The maximum Gasteiger partial charge on any atom is 0.315 e. The Kier molecular flexibility index (Phi) is 8.83. The topological polar surface area (TPSA) is 122 Å². The van der Waals surface area contributed by atoms with Crippen LogP contribution in [0, 0.1) is 0 Å². The average molecular weight is 483 g/mol. The van der Waals surface area contributed by atoms with Crippen LogP contribution < -0.4 is 26.4 Å². The molecule has 0 saturated heterocycles. The van der Waals surface area contributed by atoms with Gasteiger partial charge in [0.15, 0.2) is 0 Å². The second kappa shape index (κ2) is 12.0. The Hall–Kier alpha value is -3.63. The minimum atomic E-state index is -0.342. The van der Waals surface area contributed by atoms with Gasteiger partial charge in [-0.15, -0.1) is 11.3 Å². The minimum Gasteiger partial charge on any atom is -0.497 e. The molecule has 2 aromatic heterocycles. The molecular formula is C24H30N6O3S. The second-order valence-electron chi connectivity index (χ2n) is 7.99. The molecule has 5 N–H and O–H groups in total. The lowest BCUT2D eigenvalue weighted by Gasteiger charge is -2.21. The number of nitrogen functional groups attached to an aromatic ring is 1. The maximum atomic E-state index is 12.6. The van der Waals surface area contributed by atoms with Gasteiger partial charge in [0.2, 0.25) is 0 Å². The minimum absolute atomic E-state index is 0.267. The molecule has 9 nitrogen and oxygen atoms in total. The Labute approximate surface area is 203 Å². The molecule has 3 rings (SSSR count). The highest BCUT2D eigenvalue weighted by molar-refractivity contribution is 7.09. The first-order chi connectivity index (χ1) is 16.4. The molecule has 0 aliphatic carbocycles. The fraction of sp³-hybridized carbons (Fsp3) is 0.292. The molecule has 1 atom stereocenters. The number of nitrogens with one attached hydrogen (secondary N) is 3. The van der Waals surface area contributed by atoms with Crippen molar-refractivity contribution in [2.24, 2.45) is 0 Å². The lowest BCUT2D eigenvalue weighted by Crippen LogP contribution is -2.38. The average Bonchev–Trinajstić information content (AvgIpc) is 3.24. The van der Waals surface area contributed by atoms with Crippen LogP contribution in [0.25, 0.3) is 0 Å². The summed E-state index contributed by atoms with van der Waals surface area (Å²) in [6.07, 6.45) is 2.30. The van der Waals surface area contributed by atoms with Crippen LogP contribution in [0.3, 0.4) is 0 Å². The third-order valence-corrected chi connectivity index (χ3v) is 5.88. The molecule has 0 bridgehead atoms. The molecule has 0 fully saturated rings. The van der Waals surface area contributed by atoms with Crippen LogP contribution >= 0.6 is 11.3 Å². The van der Waals surface area contributed by atoms with Crippen LogP contribution in [-0.4, -0.2) is 49.6 Å². The molecule has 2 heterocycles. The number of hydrogen-bond acceptors (Lipinski definition) is 7. The van der Waals surface area contributed by atoms with Gasteiger partial charge in [-0.05, 0) is 56.4 Å². The Balaban J connectivity index is 1.64. The zero-order chi connectivity index (χ0) is 24.5. The van der Waals surface area contributed by atoms with Crippen LogP contribution in [0.15, 0.2) is 53.4 Å². The van der Waals surface area contributed by atoms with Crippen LogP contribution in [0.1, 0.15) is 34.1 Å². The number of aromatic nitrogens is 1. The summed E-state index contributed by atoms with van der Waals surface area (Å²) in [5, 5.41) is 12.2. The van der Waals surface area contributed by atoms with Gasteiger partial charge in [0.05, 0.1) is 24.5 Å². The van der Waals surface area contributed by atoms with Crippen molar-refractivity contribution in [1.29, 1.82) is 0 Å². The van der Waals surface area contributed by atoms with Crippen molar-refractivity contribution >= 4 is 34.6 Å². The van der Waals surface area contributed by atoms with Gasteiger partial charge >= 0.3 is 6.03 Å². The van der Waals surface area contributed by atoms with Gasteiger partial charge in [0.25, 0.3) is 5.91 Å². The van der Waals surface area contributed by atoms with E-state index in [1.54, 1.807) is 30.1 Å². The summed E-state index contributed by atoms with van der Waals surface area (Å²) < 4.78 is 5.23. The molecule has 0 saturated carbocycles. The zero-order valence-electron chi connectivity index (χ0n) is 19.5. The van der Waals surface area contributed by atoms with E-state index in [9.17, 15) is 9.59 Å². The number of carbonyl (C=O) groups is 2. The molecule has 180 valence electrons. The summed E-state index contributed by atoms with van der Waals surface area (Å²) >= 11 is 1.41. The second-order valence-corrected chi connectivity index (χ2v) is 8.74. The third kappa shape index (κ3) is 7.19. The van der Waals surface area contributed by atoms with Crippen LogP contribution in [-0.2, 0) is 6.54 Å². The third-order valence-electron chi connectivity index (χ3n) is 5.12. The normalized spacial score (nSPS) is 11.6. The van der Waals surface area contributed by atoms with E-state index in [0.717, 1.165) is 23.4 Å². The van der Waals surface area contributed by atoms with Gasteiger partial charge in [-0.25, -0.2) is 4.79 Å². The number of carbonyl (C=O) groups excluding carboxylic acids is 2. The van der Waals surface area contributed by atoms with Gasteiger partial charge in [0, 0.05) is 23.5 Å². The molecule has 1 aromatic carbocycles. The van der Waals surface area contributed by atoms with Crippen molar-refractivity contribution in [3.05, 3.63) is 70.2 Å². The quantitative estimate of drug-likeness (QED) is 0.351. The lowest BCUT2D eigenvalue weighted by atomic mass is 10.1. The molecule has 3 amide bonds. The van der Waals surface area contributed by atoms with Crippen molar-refractivity contribution in [2.45, 2.75) is 19.0 Å². The predicted molar refractivity (Wildman–Crippen MR) is 135 cm³/mol. The Morgan fingerprint density at radius 2 is 2.03 bits per heavy atom. The van der Waals surface area contributed by atoms with Crippen LogP contribution in [0.4, 0.5) is 16.2 Å². The number of urea groups is 1. The van der Waals surface area contributed by atoms with E-state index < -0.39 is 0 Å². The van der Waals surface area contributed by atoms with Gasteiger partial charge in [-0.2, -0.15) is 0 Å². The Bertz CT molecular complexity index is 1100. The van der Waals surface area contributed by atoms with Crippen molar-refractivity contribution < 1.29 is 14.3 Å². The smallest absolute Gasteiger partial charge is 0.315 e. The first-order valence-corrected chi connectivity index (χ1v) is 11.7. The molecular weight excluding hydrogens is 452 g/mol. The monoisotopic (exact) mass is 482 g/mol. The molecule has 0 aliphatic rings. The molecule has 0 aliphatic heterocycles. The fourth-order valence-corrected chi connectivity index (χ4v) is 3.90. The summed E-state index contributed by atoms with van der Waals surface area (Å²) in [6.45, 7) is 1.13. The number of nitrogens with zero attached hydrogens (tertiary/aromatic N) is 2. The van der Waals surface area contributed by atoms with Crippen molar-refractivity contribution in [3.8, 4) is 5.75 Å². The van der Waals surface area contributed by atoms with Crippen LogP contribution in [0.5, 0.6) is 5.75 Å². The molecule has 3 aromatic rings. The summed E-state index contributed by atoms with van der Waals surface area (Å²) in [5.74, 6) is 0.394. The van der Waals surface area contributed by atoms with Gasteiger partial charge in [-0.3, -0.25) is 9.78 Å². The number of anilines is 2. The molecule has 0 spiro atoms. The number of hydrogen-bond donors (Lipinski definition) is 4. The number of ether oxygens (including phenoxy) is 1. The summed E-state index contributed by atoms with van der Waals surface area (Å²) in [5.41, 5.74) is 8.93. The Morgan fingerprint density at radius 3 is 2.68 bits per heavy atom. The SMILES string of the molecule is COc1cccc(CNC(=O)NC(CCN(C)C)c2ccc(C(=O)Nc3cscc3N)nc2)c1. The number of rotatable bonds is 10. The highest BCUT2D eigenvalue weighted by Gasteiger charge is 2.17. The molecule has 10 heteroatoms. The van der Waals surface area contributed by atoms with E-state index in [-0.39, 0.29) is 23.7 Å². The molecule has 1 unspecified atom stereocenters. The first-order valence-electron chi connectivity index (χ1n) is 10.8. The summed E-state index contributed by atoms with van der Waals surface area (Å²) in [7, 11) is 5.55. The number of benzene rings is 1. The van der Waals surface area contributed by atoms with Crippen molar-refractivity contribution in [1.82, 2.24) is 20.5 Å². The summed E-state index contributed by atoms with van der Waals surface area (Å²) in [6, 6.07) is 10.4. The van der Waals surface area contributed by atoms with E-state index in [4.69, 9.17) is 10.5 Å². The number of pyridine rings is 1. The van der Waals surface area contributed by atoms with E-state index in [1.165, 1.54) is 11.3 Å². The summed E-state index contributed by atoms with van der Waals surface area (Å²) in [4.78, 5) is 31.5. The number of amides is 3. The number of thiophene rings is 1. The van der Waals surface area contributed by atoms with E-state index in [2.05, 4.69) is 20.9 Å². The number of nitrogens with two attached hydrogens (primary N) is 1. The van der Waals surface area contributed by atoms with E-state index in [1.807, 2.05) is 49.3 Å². The lowest BCUT2D eigenvalue weighted by molar-refractivity contribution is 0.102.